The summed E-state index contributed by atoms with van der Waals surface area (Å²) in [6.45, 7) is 6.83. The second kappa shape index (κ2) is 8.93. The zero-order chi connectivity index (χ0) is 22.8. The lowest BCUT2D eigenvalue weighted by molar-refractivity contribution is -0.131. The molecular weight excluding hydrogens is 416 g/mol. The number of aromatic nitrogens is 6. The van der Waals surface area contributed by atoms with E-state index in [0.717, 1.165) is 47.2 Å². The lowest BCUT2D eigenvalue weighted by atomic mass is 10.1. The highest BCUT2D eigenvalue weighted by molar-refractivity contribution is 5.77. The van der Waals surface area contributed by atoms with Gasteiger partial charge in [-0.1, -0.05) is 30.3 Å². The average molecular weight is 443 g/mol. The first-order chi connectivity index (χ1) is 16.1. The fourth-order valence-corrected chi connectivity index (χ4v) is 4.34. The van der Waals surface area contributed by atoms with Crippen LogP contribution in [0.15, 0.2) is 48.9 Å². The standard InChI is InChI=1S/C24H26N8O/c1-17-20(18(2)32-24(28-17)26-16-27-32)8-9-22(33)31-14-12-30(13-15-31)21-10-11-25-23(29-21)19-6-4-3-5-7-19/h3-7,10-11,16H,8-9,12-15H2,1-2H3. The van der Waals surface area contributed by atoms with Crippen molar-refractivity contribution in [1.82, 2.24) is 34.4 Å². The van der Waals surface area contributed by atoms with E-state index in [1.807, 2.05) is 55.1 Å². The minimum absolute atomic E-state index is 0.166. The number of piperazine rings is 1. The van der Waals surface area contributed by atoms with E-state index >= 15 is 0 Å². The van der Waals surface area contributed by atoms with Crippen molar-refractivity contribution in [3.63, 3.8) is 0 Å². The van der Waals surface area contributed by atoms with E-state index in [-0.39, 0.29) is 5.91 Å². The molecule has 9 nitrogen and oxygen atoms in total. The van der Waals surface area contributed by atoms with E-state index in [9.17, 15) is 4.79 Å². The molecule has 4 heterocycles. The van der Waals surface area contributed by atoms with Gasteiger partial charge in [-0.25, -0.2) is 19.5 Å². The third-order valence-corrected chi connectivity index (χ3v) is 6.21. The second-order valence-electron chi connectivity index (χ2n) is 8.21. The number of carbonyl (C=O) groups is 1. The SMILES string of the molecule is Cc1nc2ncnn2c(C)c1CCC(=O)N1CCN(c2ccnc(-c3ccccc3)n2)CC1. The first-order valence-electron chi connectivity index (χ1n) is 11.2. The van der Waals surface area contributed by atoms with Crippen molar-refractivity contribution >= 4 is 17.5 Å². The third-order valence-electron chi connectivity index (χ3n) is 6.21. The van der Waals surface area contributed by atoms with Gasteiger partial charge in [0.15, 0.2) is 5.82 Å². The molecule has 1 aliphatic heterocycles. The Morgan fingerprint density at radius 1 is 0.970 bits per heavy atom. The van der Waals surface area contributed by atoms with Gasteiger partial charge in [0.05, 0.1) is 0 Å². The highest BCUT2D eigenvalue weighted by atomic mass is 16.2. The molecule has 1 amide bonds. The summed E-state index contributed by atoms with van der Waals surface area (Å²) in [5.41, 5.74) is 3.96. The van der Waals surface area contributed by atoms with E-state index in [1.165, 1.54) is 6.33 Å². The Labute approximate surface area is 192 Å². The summed E-state index contributed by atoms with van der Waals surface area (Å²) in [4.78, 5) is 34.9. The number of nitrogens with zero attached hydrogens (tertiary/aromatic N) is 8. The summed E-state index contributed by atoms with van der Waals surface area (Å²) in [5.74, 6) is 2.38. The number of aryl methyl sites for hydroxylation is 2. The minimum atomic E-state index is 0.166. The molecule has 0 spiro atoms. The zero-order valence-electron chi connectivity index (χ0n) is 18.8. The molecule has 0 atom stereocenters. The third kappa shape index (κ3) is 4.26. The maximum Gasteiger partial charge on any atom is 0.252 e. The molecule has 0 radical (unpaired) electrons. The van der Waals surface area contributed by atoms with Gasteiger partial charge in [-0.2, -0.15) is 10.1 Å². The maximum atomic E-state index is 12.9. The van der Waals surface area contributed by atoms with E-state index in [4.69, 9.17) is 4.98 Å². The number of carbonyl (C=O) groups excluding carboxylic acids is 1. The highest BCUT2D eigenvalue weighted by Crippen LogP contribution is 2.20. The van der Waals surface area contributed by atoms with Crippen LogP contribution >= 0.6 is 0 Å². The fourth-order valence-electron chi connectivity index (χ4n) is 4.34. The van der Waals surface area contributed by atoms with E-state index in [1.54, 1.807) is 10.7 Å². The van der Waals surface area contributed by atoms with Crippen LogP contribution < -0.4 is 4.90 Å². The van der Waals surface area contributed by atoms with Crippen molar-refractivity contribution < 1.29 is 4.79 Å². The second-order valence-corrected chi connectivity index (χ2v) is 8.21. The van der Waals surface area contributed by atoms with Gasteiger partial charge in [-0.3, -0.25) is 4.79 Å². The monoisotopic (exact) mass is 442 g/mol. The lowest BCUT2D eigenvalue weighted by Gasteiger charge is -2.35. The summed E-state index contributed by atoms with van der Waals surface area (Å²) in [6, 6.07) is 11.9. The Balaban J connectivity index is 1.20. The Hall–Kier alpha value is -3.88. The van der Waals surface area contributed by atoms with E-state index in [0.29, 0.717) is 31.7 Å². The largest absolute Gasteiger partial charge is 0.353 e. The smallest absolute Gasteiger partial charge is 0.252 e. The molecule has 0 bridgehead atoms. The first kappa shape index (κ1) is 21.0. The molecule has 0 saturated carbocycles. The number of rotatable bonds is 5. The van der Waals surface area contributed by atoms with Gasteiger partial charge in [0.2, 0.25) is 5.91 Å². The molecule has 1 aromatic carbocycles. The van der Waals surface area contributed by atoms with Crippen LogP contribution in [-0.4, -0.2) is 66.5 Å². The Morgan fingerprint density at radius 3 is 2.55 bits per heavy atom. The molecule has 1 fully saturated rings. The van der Waals surface area contributed by atoms with Crippen molar-refractivity contribution in [3.05, 3.63) is 65.9 Å². The Bertz CT molecular complexity index is 1280. The fraction of sp³-hybridized carbons (Fsp3) is 0.333. The minimum Gasteiger partial charge on any atom is -0.353 e. The number of benzene rings is 1. The van der Waals surface area contributed by atoms with Crippen LogP contribution in [-0.2, 0) is 11.2 Å². The first-order valence-corrected chi connectivity index (χ1v) is 11.2. The molecular formula is C24H26N8O. The van der Waals surface area contributed by atoms with Gasteiger partial charge < -0.3 is 9.80 Å². The number of hydrogen-bond donors (Lipinski definition) is 0. The van der Waals surface area contributed by atoms with Crippen LogP contribution in [0.4, 0.5) is 5.82 Å². The topological polar surface area (TPSA) is 92.4 Å². The summed E-state index contributed by atoms with van der Waals surface area (Å²) >= 11 is 0. The van der Waals surface area contributed by atoms with E-state index < -0.39 is 0 Å². The molecule has 4 aromatic rings. The van der Waals surface area contributed by atoms with Crippen LogP contribution in [0.2, 0.25) is 0 Å². The van der Waals surface area contributed by atoms with Crippen LogP contribution in [0.3, 0.4) is 0 Å². The molecule has 33 heavy (non-hydrogen) atoms. The summed E-state index contributed by atoms with van der Waals surface area (Å²) in [5, 5.41) is 4.23. The van der Waals surface area contributed by atoms with E-state index in [2.05, 4.69) is 25.0 Å². The van der Waals surface area contributed by atoms with Crippen molar-refractivity contribution in [1.29, 1.82) is 0 Å². The molecule has 0 N–H and O–H groups in total. The van der Waals surface area contributed by atoms with Crippen molar-refractivity contribution in [2.24, 2.45) is 0 Å². The molecule has 0 unspecified atom stereocenters. The Morgan fingerprint density at radius 2 is 1.76 bits per heavy atom. The number of amides is 1. The van der Waals surface area contributed by atoms with Gasteiger partial charge in [-0.05, 0) is 31.9 Å². The van der Waals surface area contributed by atoms with Gasteiger partial charge in [0.25, 0.3) is 5.78 Å². The normalized spacial score (nSPS) is 14.1. The van der Waals surface area contributed by atoms with Gasteiger partial charge in [0, 0.05) is 55.7 Å². The predicted octanol–water partition coefficient (Wildman–Crippen LogP) is 2.48. The summed E-state index contributed by atoms with van der Waals surface area (Å²) < 4.78 is 1.73. The summed E-state index contributed by atoms with van der Waals surface area (Å²) in [6.07, 6.45) is 4.40. The molecule has 1 aliphatic rings. The van der Waals surface area contributed by atoms with Crippen molar-refractivity contribution in [3.8, 4) is 11.4 Å². The molecule has 1 saturated heterocycles. The number of hydrogen-bond acceptors (Lipinski definition) is 7. The number of anilines is 1. The maximum absolute atomic E-state index is 12.9. The lowest BCUT2D eigenvalue weighted by Crippen LogP contribution is -2.49. The predicted molar refractivity (Wildman–Crippen MR) is 125 cm³/mol. The average Bonchev–Trinajstić information content (AvgIpc) is 3.33. The molecule has 0 aliphatic carbocycles. The molecule has 168 valence electrons. The molecule has 3 aromatic heterocycles. The van der Waals surface area contributed by atoms with Crippen LogP contribution in [0.25, 0.3) is 17.2 Å². The zero-order valence-corrected chi connectivity index (χ0v) is 18.8. The van der Waals surface area contributed by atoms with Gasteiger partial charge in [-0.15, -0.1) is 0 Å². The Kier molecular flexibility index (Phi) is 5.68. The molecule has 9 heteroatoms. The van der Waals surface area contributed by atoms with Gasteiger partial charge >= 0.3 is 0 Å². The van der Waals surface area contributed by atoms with Crippen LogP contribution in [0.1, 0.15) is 23.4 Å². The van der Waals surface area contributed by atoms with Crippen molar-refractivity contribution in [2.75, 3.05) is 31.1 Å². The van der Waals surface area contributed by atoms with Crippen LogP contribution in [0, 0.1) is 13.8 Å². The number of fused-ring (bicyclic) bond motifs is 1. The summed E-state index contributed by atoms with van der Waals surface area (Å²) in [7, 11) is 0. The van der Waals surface area contributed by atoms with Crippen LogP contribution in [0.5, 0.6) is 0 Å². The molecule has 5 rings (SSSR count). The van der Waals surface area contributed by atoms with Gasteiger partial charge in [0.1, 0.15) is 12.1 Å². The van der Waals surface area contributed by atoms with Crippen molar-refractivity contribution in [2.45, 2.75) is 26.7 Å². The highest BCUT2D eigenvalue weighted by Gasteiger charge is 2.23. The quantitative estimate of drug-likeness (QED) is 0.469.